The fourth-order valence-electron chi connectivity index (χ4n) is 2.87. The molecule has 0 unspecified atom stereocenters. The molecule has 1 atom stereocenters. The van der Waals surface area contributed by atoms with E-state index in [4.69, 9.17) is 4.74 Å². The number of aromatic nitrogens is 3. The van der Waals surface area contributed by atoms with Crippen LogP contribution in [0.3, 0.4) is 0 Å². The normalized spacial score (nSPS) is 15.4. The zero-order chi connectivity index (χ0) is 17.2. The lowest BCUT2D eigenvalue weighted by Crippen LogP contribution is -2.20. The number of fused-ring (bicyclic) bond motifs is 1. The molecule has 1 aliphatic rings. The average molecular weight is 355 g/mol. The van der Waals surface area contributed by atoms with Gasteiger partial charge in [0.05, 0.1) is 6.10 Å². The van der Waals surface area contributed by atoms with Crippen molar-refractivity contribution in [3.05, 3.63) is 48.3 Å². The topological polar surface area (TPSA) is 60.2 Å². The van der Waals surface area contributed by atoms with E-state index >= 15 is 0 Å². The second-order valence-corrected chi connectivity index (χ2v) is 7.40. The SMILES string of the molecule is Cc1nnc(SC[C@H](O)COc2ccc3ccccc3c2)n1C1CC1. The third kappa shape index (κ3) is 3.80. The maximum Gasteiger partial charge on any atom is 0.191 e. The van der Waals surface area contributed by atoms with Crippen LogP contribution in [0.25, 0.3) is 10.8 Å². The summed E-state index contributed by atoms with van der Waals surface area (Å²) in [7, 11) is 0. The van der Waals surface area contributed by atoms with Gasteiger partial charge in [0.2, 0.25) is 0 Å². The lowest BCUT2D eigenvalue weighted by molar-refractivity contribution is 0.126. The van der Waals surface area contributed by atoms with Gasteiger partial charge in [-0.2, -0.15) is 0 Å². The highest BCUT2D eigenvalue weighted by molar-refractivity contribution is 7.99. The first-order valence-corrected chi connectivity index (χ1v) is 9.53. The van der Waals surface area contributed by atoms with Crippen molar-refractivity contribution in [2.45, 2.75) is 37.1 Å². The van der Waals surface area contributed by atoms with Crippen LogP contribution in [-0.2, 0) is 0 Å². The monoisotopic (exact) mass is 355 g/mol. The fourth-order valence-corrected chi connectivity index (χ4v) is 3.83. The van der Waals surface area contributed by atoms with Crippen LogP contribution in [0.1, 0.15) is 24.7 Å². The summed E-state index contributed by atoms with van der Waals surface area (Å²) in [4.78, 5) is 0. The van der Waals surface area contributed by atoms with Crippen LogP contribution < -0.4 is 4.74 Å². The molecule has 4 rings (SSSR count). The first-order valence-electron chi connectivity index (χ1n) is 8.54. The minimum Gasteiger partial charge on any atom is -0.491 e. The largest absolute Gasteiger partial charge is 0.491 e. The van der Waals surface area contributed by atoms with Crippen molar-refractivity contribution < 1.29 is 9.84 Å². The molecule has 0 saturated heterocycles. The molecule has 2 aromatic carbocycles. The van der Waals surface area contributed by atoms with Crippen LogP contribution in [0.4, 0.5) is 0 Å². The Morgan fingerprint density at radius 3 is 2.80 bits per heavy atom. The first kappa shape index (κ1) is 16.4. The summed E-state index contributed by atoms with van der Waals surface area (Å²) in [5.74, 6) is 2.27. The highest BCUT2D eigenvalue weighted by Gasteiger charge is 2.28. The summed E-state index contributed by atoms with van der Waals surface area (Å²) >= 11 is 1.54. The smallest absolute Gasteiger partial charge is 0.191 e. The minimum absolute atomic E-state index is 0.266. The number of aliphatic hydroxyl groups excluding tert-OH is 1. The van der Waals surface area contributed by atoms with Crippen molar-refractivity contribution in [3.8, 4) is 5.75 Å². The molecule has 1 N–H and O–H groups in total. The van der Waals surface area contributed by atoms with E-state index in [9.17, 15) is 5.11 Å². The number of benzene rings is 2. The van der Waals surface area contributed by atoms with E-state index in [1.807, 2.05) is 37.3 Å². The second-order valence-electron chi connectivity index (χ2n) is 6.42. The van der Waals surface area contributed by atoms with E-state index < -0.39 is 6.10 Å². The lowest BCUT2D eigenvalue weighted by atomic mass is 10.1. The number of rotatable bonds is 7. The minimum atomic E-state index is -0.555. The molecule has 130 valence electrons. The molecule has 3 aromatic rings. The molecule has 0 bridgehead atoms. The van der Waals surface area contributed by atoms with Gasteiger partial charge in [-0.1, -0.05) is 42.1 Å². The van der Waals surface area contributed by atoms with Gasteiger partial charge in [0, 0.05) is 11.8 Å². The zero-order valence-electron chi connectivity index (χ0n) is 14.1. The van der Waals surface area contributed by atoms with Crippen molar-refractivity contribution in [1.82, 2.24) is 14.8 Å². The van der Waals surface area contributed by atoms with Crippen molar-refractivity contribution in [3.63, 3.8) is 0 Å². The molecule has 1 aromatic heterocycles. The van der Waals surface area contributed by atoms with E-state index in [2.05, 4.69) is 26.9 Å². The first-order chi connectivity index (χ1) is 12.2. The molecule has 0 spiro atoms. The van der Waals surface area contributed by atoms with Gasteiger partial charge in [0.15, 0.2) is 5.16 Å². The predicted octanol–water partition coefficient (Wildman–Crippen LogP) is 3.61. The molecule has 6 heteroatoms. The number of aryl methyl sites for hydroxylation is 1. The summed E-state index contributed by atoms with van der Waals surface area (Å²) in [6.45, 7) is 2.25. The number of thioether (sulfide) groups is 1. The summed E-state index contributed by atoms with van der Waals surface area (Å²) in [5, 5.41) is 21.8. The van der Waals surface area contributed by atoms with Crippen LogP contribution in [-0.4, -0.2) is 38.3 Å². The van der Waals surface area contributed by atoms with Crippen LogP contribution in [0, 0.1) is 6.92 Å². The highest BCUT2D eigenvalue weighted by atomic mass is 32.2. The number of hydrogen-bond acceptors (Lipinski definition) is 5. The predicted molar refractivity (Wildman–Crippen MR) is 99.2 cm³/mol. The molecule has 5 nitrogen and oxygen atoms in total. The third-order valence-electron chi connectivity index (χ3n) is 4.32. The van der Waals surface area contributed by atoms with Gasteiger partial charge >= 0.3 is 0 Å². The van der Waals surface area contributed by atoms with Crippen molar-refractivity contribution in [2.75, 3.05) is 12.4 Å². The number of hydrogen-bond donors (Lipinski definition) is 1. The standard InChI is InChI=1S/C19H21N3O2S/c1-13-20-21-19(22(13)16-7-8-16)25-12-17(23)11-24-18-9-6-14-4-2-3-5-15(14)10-18/h2-6,9-10,16-17,23H,7-8,11-12H2,1H3/t17-/m1/s1. The quantitative estimate of drug-likeness (QED) is 0.656. The van der Waals surface area contributed by atoms with Gasteiger partial charge in [0.25, 0.3) is 0 Å². The molecule has 0 radical (unpaired) electrons. The molecule has 0 aliphatic heterocycles. The molecule has 1 saturated carbocycles. The number of nitrogens with zero attached hydrogens (tertiary/aromatic N) is 3. The van der Waals surface area contributed by atoms with Crippen molar-refractivity contribution in [2.24, 2.45) is 0 Å². The molecule has 1 heterocycles. The summed E-state index contributed by atoms with van der Waals surface area (Å²) in [6.07, 6.45) is 1.83. The van der Waals surface area contributed by atoms with Gasteiger partial charge in [-0.3, -0.25) is 0 Å². The van der Waals surface area contributed by atoms with E-state index in [-0.39, 0.29) is 6.61 Å². The number of aliphatic hydroxyl groups is 1. The highest BCUT2D eigenvalue weighted by Crippen LogP contribution is 2.38. The molecular weight excluding hydrogens is 334 g/mol. The Balaban J connectivity index is 1.32. The van der Waals surface area contributed by atoms with E-state index in [0.29, 0.717) is 11.8 Å². The van der Waals surface area contributed by atoms with Gasteiger partial charge in [-0.05, 0) is 42.7 Å². The Morgan fingerprint density at radius 1 is 1.20 bits per heavy atom. The van der Waals surface area contributed by atoms with Gasteiger partial charge in [0.1, 0.15) is 18.2 Å². The number of ether oxygens (including phenoxy) is 1. The zero-order valence-corrected chi connectivity index (χ0v) is 14.9. The molecular formula is C19H21N3O2S. The second kappa shape index (κ2) is 7.06. The van der Waals surface area contributed by atoms with Crippen molar-refractivity contribution >= 4 is 22.5 Å². The van der Waals surface area contributed by atoms with E-state index in [1.165, 1.54) is 18.2 Å². The van der Waals surface area contributed by atoms with Crippen LogP contribution in [0.2, 0.25) is 0 Å². The van der Waals surface area contributed by atoms with Gasteiger partial charge in [-0.25, -0.2) is 0 Å². The van der Waals surface area contributed by atoms with Crippen LogP contribution >= 0.6 is 11.8 Å². The Hall–Kier alpha value is -2.05. The summed E-state index contributed by atoms with van der Waals surface area (Å²) in [6, 6.07) is 14.7. The van der Waals surface area contributed by atoms with Crippen LogP contribution in [0.15, 0.2) is 47.6 Å². The van der Waals surface area contributed by atoms with E-state index in [1.54, 1.807) is 11.8 Å². The molecule has 1 aliphatic carbocycles. The lowest BCUT2D eigenvalue weighted by Gasteiger charge is -2.13. The Bertz CT molecular complexity index is 876. The Labute approximate surface area is 151 Å². The molecule has 25 heavy (non-hydrogen) atoms. The Morgan fingerprint density at radius 2 is 2.00 bits per heavy atom. The summed E-state index contributed by atoms with van der Waals surface area (Å²) in [5.41, 5.74) is 0. The fraction of sp³-hybridized carbons (Fsp3) is 0.368. The van der Waals surface area contributed by atoms with Gasteiger partial charge in [-0.15, -0.1) is 10.2 Å². The van der Waals surface area contributed by atoms with Crippen molar-refractivity contribution in [1.29, 1.82) is 0 Å². The molecule has 1 fully saturated rings. The molecule has 0 amide bonds. The van der Waals surface area contributed by atoms with E-state index in [0.717, 1.165) is 22.1 Å². The van der Waals surface area contributed by atoms with Crippen LogP contribution in [0.5, 0.6) is 5.75 Å². The average Bonchev–Trinajstić information content (AvgIpc) is 3.40. The maximum absolute atomic E-state index is 10.2. The Kier molecular flexibility index (Phi) is 4.63. The third-order valence-corrected chi connectivity index (χ3v) is 5.40. The van der Waals surface area contributed by atoms with Gasteiger partial charge < -0.3 is 14.4 Å². The summed E-state index contributed by atoms with van der Waals surface area (Å²) < 4.78 is 7.94. The maximum atomic E-state index is 10.2.